The van der Waals surface area contributed by atoms with Crippen LogP contribution in [0.15, 0.2) is 34.4 Å². The molecule has 0 aliphatic carbocycles. The molecule has 5 heterocycles. The molecule has 1 N–H and O–H groups in total. The van der Waals surface area contributed by atoms with E-state index in [4.69, 9.17) is 4.99 Å². The second-order valence-corrected chi connectivity index (χ2v) is 8.37. The van der Waals surface area contributed by atoms with E-state index in [1.165, 1.54) is 4.68 Å². The molecule has 28 heavy (non-hydrogen) atoms. The second kappa shape index (κ2) is 6.03. The second-order valence-electron chi connectivity index (χ2n) is 7.19. The van der Waals surface area contributed by atoms with Gasteiger partial charge < -0.3 is 4.90 Å². The van der Waals surface area contributed by atoms with Crippen LogP contribution < -0.4 is 10.5 Å². The molecule has 0 saturated carbocycles. The lowest BCUT2D eigenvalue weighted by Crippen LogP contribution is -2.41. The number of anilines is 1. The Hall–Kier alpha value is -2.95. The molecule has 2 aliphatic rings. The zero-order valence-electron chi connectivity index (χ0n) is 15.7. The number of hydrogen-bond acceptors (Lipinski definition) is 8. The van der Waals surface area contributed by atoms with Crippen LogP contribution in [0.4, 0.5) is 5.69 Å². The highest BCUT2D eigenvalue weighted by Gasteiger charge is 2.53. The van der Waals surface area contributed by atoms with Crippen molar-refractivity contribution in [1.82, 2.24) is 35.0 Å². The number of H-pyrrole nitrogens is 1. The highest BCUT2D eigenvalue weighted by molar-refractivity contribution is 8.14. The van der Waals surface area contributed by atoms with Gasteiger partial charge in [-0.25, -0.2) is 4.68 Å². The molecule has 11 heteroatoms. The average molecular weight is 397 g/mol. The molecule has 0 aromatic carbocycles. The Morgan fingerprint density at radius 2 is 2.14 bits per heavy atom. The van der Waals surface area contributed by atoms with E-state index in [-0.39, 0.29) is 17.4 Å². The molecular weight excluding hydrogens is 378 g/mol. The van der Waals surface area contributed by atoms with Gasteiger partial charge in [-0.3, -0.25) is 14.5 Å². The van der Waals surface area contributed by atoms with Crippen molar-refractivity contribution in [1.29, 1.82) is 0 Å². The topological polar surface area (TPSA) is 110 Å². The molecule has 144 valence electrons. The van der Waals surface area contributed by atoms with E-state index in [9.17, 15) is 4.79 Å². The van der Waals surface area contributed by atoms with Gasteiger partial charge in [0.2, 0.25) is 0 Å². The first-order chi connectivity index (χ1) is 13.5. The zero-order chi connectivity index (χ0) is 19.5. The summed E-state index contributed by atoms with van der Waals surface area (Å²) < 4.78 is 3.21. The fourth-order valence-electron chi connectivity index (χ4n) is 3.80. The fraction of sp³-hybridized carbons (Fsp3) is 0.412. The molecule has 3 aromatic heterocycles. The SMILES string of the molecule is CN1c2c(cnn(Cc3cn[nH]n3)c2=O)C2SC(Cc3ccn(C)n3)=N[C@]21C. The highest BCUT2D eigenvalue weighted by Crippen LogP contribution is 2.56. The fourth-order valence-corrected chi connectivity index (χ4v) is 5.28. The van der Waals surface area contributed by atoms with Crippen LogP contribution in [0, 0.1) is 0 Å². The number of aromatic nitrogens is 7. The Morgan fingerprint density at radius 3 is 2.86 bits per heavy atom. The summed E-state index contributed by atoms with van der Waals surface area (Å²) in [5.74, 6) is 0. The minimum absolute atomic E-state index is 0.0353. The van der Waals surface area contributed by atoms with E-state index < -0.39 is 5.66 Å². The molecule has 2 aliphatic heterocycles. The molecule has 0 amide bonds. The number of thioether (sulfide) groups is 1. The Balaban J connectivity index is 1.47. The number of hydrogen-bond donors (Lipinski definition) is 1. The molecule has 0 spiro atoms. The van der Waals surface area contributed by atoms with Crippen molar-refractivity contribution in [3.8, 4) is 0 Å². The molecule has 0 bridgehead atoms. The van der Waals surface area contributed by atoms with Crippen LogP contribution >= 0.6 is 11.8 Å². The van der Waals surface area contributed by atoms with Gasteiger partial charge in [-0.15, -0.1) is 0 Å². The summed E-state index contributed by atoms with van der Waals surface area (Å²) in [5.41, 5.74) is 2.58. The van der Waals surface area contributed by atoms with Gasteiger partial charge in [0.1, 0.15) is 17.0 Å². The van der Waals surface area contributed by atoms with Gasteiger partial charge in [-0.2, -0.15) is 25.6 Å². The number of rotatable bonds is 4. The maximum atomic E-state index is 13.1. The summed E-state index contributed by atoms with van der Waals surface area (Å²) in [7, 11) is 3.83. The highest BCUT2D eigenvalue weighted by atomic mass is 32.2. The van der Waals surface area contributed by atoms with E-state index in [1.807, 2.05) is 31.3 Å². The van der Waals surface area contributed by atoms with E-state index in [0.717, 1.165) is 16.3 Å². The normalized spacial score (nSPS) is 23.0. The van der Waals surface area contributed by atoms with Gasteiger partial charge in [-0.05, 0) is 13.0 Å². The number of aliphatic imine (C=N–C) groups is 1. The maximum Gasteiger partial charge on any atom is 0.291 e. The molecule has 0 radical (unpaired) electrons. The van der Waals surface area contributed by atoms with Crippen molar-refractivity contribution in [3.63, 3.8) is 0 Å². The lowest BCUT2D eigenvalue weighted by atomic mass is 10.1. The third-order valence-corrected chi connectivity index (χ3v) is 6.77. The van der Waals surface area contributed by atoms with Gasteiger partial charge in [-0.1, -0.05) is 11.8 Å². The van der Waals surface area contributed by atoms with Crippen LogP contribution in [0.3, 0.4) is 0 Å². The number of likely N-dealkylation sites (N-methyl/N-ethyl adjacent to an activating group) is 1. The quantitative estimate of drug-likeness (QED) is 0.691. The zero-order valence-corrected chi connectivity index (χ0v) is 16.5. The molecule has 1 unspecified atom stereocenters. The first kappa shape index (κ1) is 17.2. The predicted molar refractivity (Wildman–Crippen MR) is 105 cm³/mol. The lowest BCUT2D eigenvalue weighted by molar-refractivity contribution is 0.490. The number of nitrogens with zero attached hydrogens (tertiary/aromatic N) is 8. The largest absolute Gasteiger partial charge is 0.344 e. The molecule has 2 atom stereocenters. The van der Waals surface area contributed by atoms with Crippen molar-refractivity contribution in [2.45, 2.75) is 30.8 Å². The molecule has 0 saturated heterocycles. The van der Waals surface area contributed by atoms with Gasteiger partial charge in [0.25, 0.3) is 5.56 Å². The van der Waals surface area contributed by atoms with Gasteiger partial charge in [0.15, 0.2) is 0 Å². The summed E-state index contributed by atoms with van der Waals surface area (Å²) in [6.45, 7) is 2.34. The van der Waals surface area contributed by atoms with Crippen molar-refractivity contribution in [2.24, 2.45) is 12.0 Å². The third-order valence-electron chi connectivity index (χ3n) is 5.32. The summed E-state index contributed by atoms with van der Waals surface area (Å²) >= 11 is 1.69. The summed E-state index contributed by atoms with van der Waals surface area (Å²) in [6, 6.07) is 2.00. The van der Waals surface area contributed by atoms with Crippen LogP contribution in [0.2, 0.25) is 0 Å². The Kier molecular flexibility index (Phi) is 3.69. The summed E-state index contributed by atoms with van der Waals surface area (Å²) in [6.07, 6.45) is 6.00. The number of aryl methyl sites for hydroxylation is 1. The Labute approximate surface area is 164 Å². The maximum absolute atomic E-state index is 13.1. The van der Waals surface area contributed by atoms with Crippen molar-refractivity contribution in [2.75, 3.05) is 11.9 Å². The molecule has 10 nitrogen and oxygen atoms in total. The van der Waals surface area contributed by atoms with E-state index >= 15 is 0 Å². The summed E-state index contributed by atoms with van der Waals surface area (Å²) in [5, 5.41) is 20.2. The average Bonchev–Trinajstić information content (AvgIpc) is 3.40. The van der Waals surface area contributed by atoms with Crippen molar-refractivity contribution >= 4 is 22.5 Å². The minimum Gasteiger partial charge on any atom is -0.344 e. The molecular formula is C17H19N9OS. The smallest absolute Gasteiger partial charge is 0.291 e. The predicted octanol–water partition coefficient (Wildman–Crippen LogP) is 0.738. The summed E-state index contributed by atoms with van der Waals surface area (Å²) in [4.78, 5) is 20.0. The number of nitrogens with one attached hydrogen (secondary N) is 1. The standard InChI is InChI=1S/C17H19N9OS/c1-17-15(28-13(20-17)6-10-4-5-24(2)22-10)12-8-19-26(9-11-7-18-23-21-11)16(27)14(12)25(17)3/h4-5,7-8,15H,6,9H2,1-3H3,(H,18,21,23)/t15?,17-/m0/s1. The Bertz CT molecular complexity index is 1130. The van der Waals surface area contributed by atoms with Crippen LogP contribution in [0.1, 0.15) is 29.1 Å². The van der Waals surface area contributed by atoms with Crippen LogP contribution in [0.25, 0.3) is 0 Å². The van der Waals surface area contributed by atoms with Crippen LogP contribution in [-0.2, 0) is 20.0 Å². The van der Waals surface area contributed by atoms with Crippen LogP contribution in [-0.4, -0.2) is 52.7 Å². The lowest BCUT2D eigenvalue weighted by Gasteiger charge is -2.30. The first-order valence-electron chi connectivity index (χ1n) is 8.88. The van der Waals surface area contributed by atoms with Crippen LogP contribution in [0.5, 0.6) is 0 Å². The Morgan fingerprint density at radius 1 is 1.29 bits per heavy atom. The molecule has 0 fully saturated rings. The van der Waals surface area contributed by atoms with E-state index in [2.05, 4.69) is 32.5 Å². The van der Waals surface area contributed by atoms with Crippen molar-refractivity contribution in [3.05, 3.63) is 52.0 Å². The minimum atomic E-state index is -0.509. The van der Waals surface area contributed by atoms with E-state index in [1.54, 1.807) is 28.8 Å². The third kappa shape index (κ3) is 2.49. The number of aromatic amines is 1. The van der Waals surface area contributed by atoms with E-state index in [0.29, 0.717) is 17.8 Å². The first-order valence-corrected chi connectivity index (χ1v) is 9.76. The molecule has 3 aromatic rings. The van der Waals surface area contributed by atoms with Gasteiger partial charge >= 0.3 is 0 Å². The molecule has 5 rings (SSSR count). The van der Waals surface area contributed by atoms with Gasteiger partial charge in [0.05, 0.1) is 34.9 Å². The van der Waals surface area contributed by atoms with Crippen molar-refractivity contribution < 1.29 is 0 Å². The number of fused-ring (bicyclic) bond motifs is 3. The monoisotopic (exact) mass is 397 g/mol. The van der Waals surface area contributed by atoms with Gasteiger partial charge in [0, 0.05) is 32.3 Å².